The van der Waals surface area contributed by atoms with Crippen LogP contribution in [0, 0.1) is 0 Å². The van der Waals surface area contributed by atoms with Crippen molar-refractivity contribution in [1.29, 1.82) is 0 Å². The van der Waals surface area contributed by atoms with E-state index >= 15 is 0 Å². The summed E-state index contributed by atoms with van der Waals surface area (Å²) in [6, 6.07) is 7.13. The molecule has 0 saturated heterocycles. The van der Waals surface area contributed by atoms with Gasteiger partial charge in [-0.1, -0.05) is 6.92 Å². The molecule has 1 aromatic heterocycles. The maximum absolute atomic E-state index is 12.6. The lowest BCUT2D eigenvalue weighted by Crippen LogP contribution is -2.34. The second-order valence-electron chi connectivity index (χ2n) is 4.92. The standard InChI is InChI=1S/C16H15NO3S/c1-3-10-6-7-21-15(10)14(18)11-4-5-13-12(8-11)17-16(19)9(2)20-13/h4-9H,3H2,1-2H3,(H,17,19). The molecule has 0 fully saturated rings. The molecule has 1 aliphatic heterocycles. The summed E-state index contributed by atoms with van der Waals surface area (Å²) in [6.07, 6.45) is 0.315. The van der Waals surface area contributed by atoms with E-state index in [2.05, 4.69) is 5.32 Å². The molecule has 0 radical (unpaired) electrons. The lowest BCUT2D eigenvalue weighted by molar-refractivity contribution is -0.122. The molecule has 2 aromatic rings. The Balaban J connectivity index is 1.96. The minimum Gasteiger partial charge on any atom is -0.479 e. The topological polar surface area (TPSA) is 55.4 Å². The average Bonchev–Trinajstić information content (AvgIpc) is 2.95. The number of fused-ring (bicyclic) bond motifs is 1. The summed E-state index contributed by atoms with van der Waals surface area (Å²) < 4.78 is 5.49. The molecule has 108 valence electrons. The minimum atomic E-state index is -0.511. The normalized spacial score (nSPS) is 16.9. The summed E-state index contributed by atoms with van der Waals surface area (Å²) in [5.41, 5.74) is 2.17. The van der Waals surface area contributed by atoms with Gasteiger partial charge in [0, 0.05) is 5.56 Å². The lowest BCUT2D eigenvalue weighted by Gasteiger charge is -2.23. The Labute approximate surface area is 126 Å². The first-order chi connectivity index (χ1) is 10.1. The van der Waals surface area contributed by atoms with Crippen LogP contribution in [0.3, 0.4) is 0 Å². The largest absolute Gasteiger partial charge is 0.479 e. The number of aryl methyl sites for hydroxylation is 1. The number of carbonyl (C=O) groups excluding carboxylic acids is 2. The predicted molar refractivity (Wildman–Crippen MR) is 82.3 cm³/mol. The first-order valence-corrected chi connectivity index (χ1v) is 7.70. The van der Waals surface area contributed by atoms with Crippen molar-refractivity contribution in [1.82, 2.24) is 0 Å². The van der Waals surface area contributed by atoms with E-state index < -0.39 is 6.10 Å². The molecule has 0 spiro atoms. The van der Waals surface area contributed by atoms with E-state index in [1.165, 1.54) is 11.3 Å². The molecule has 21 heavy (non-hydrogen) atoms. The third-order valence-corrected chi connectivity index (χ3v) is 4.46. The maximum Gasteiger partial charge on any atom is 0.265 e. The summed E-state index contributed by atoms with van der Waals surface area (Å²) >= 11 is 1.45. The van der Waals surface area contributed by atoms with E-state index in [1.54, 1.807) is 25.1 Å². The second kappa shape index (κ2) is 5.33. The fourth-order valence-corrected chi connectivity index (χ4v) is 3.25. The molecule has 3 rings (SSSR count). The molecule has 1 aromatic carbocycles. The van der Waals surface area contributed by atoms with Gasteiger partial charge in [0.1, 0.15) is 5.75 Å². The highest BCUT2D eigenvalue weighted by atomic mass is 32.1. The van der Waals surface area contributed by atoms with Crippen molar-refractivity contribution < 1.29 is 14.3 Å². The minimum absolute atomic E-state index is 0.0162. The number of rotatable bonds is 3. The molecule has 0 aliphatic carbocycles. The molecule has 1 amide bonds. The fraction of sp³-hybridized carbons (Fsp3) is 0.250. The molecule has 2 heterocycles. The van der Waals surface area contributed by atoms with Gasteiger partial charge in [0.15, 0.2) is 6.10 Å². The zero-order valence-corrected chi connectivity index (χ0v) is 12.6. The Morgan fingerprint density at radius 3 is 2.95 bits per heavy atom. The smallest absolute Gasteiger partial charge is 0.265 e. The van der Waals surface area contributed by atoms with Gasteiger partial charge in [-0.2, -0.15) is 0 Å². The molecule has 1 atom stereocenters. The molecule has 0 bridgehead atoms. The summed E-state index contributed by atoms with van der Waals surface area (Å²) in [4.78, 5) is 25.0. The van der Waals surface area contributed by atoms with Crippen LogP contribution in [-0.4, -0.2) is 17.8 Å². The number of hydrogen-bond acceptors (Lipinski definition) is 4. The average molecular weight is 301 g/mol. The molecular weight excluding hydrogens is 286 g/mol. The van der Waals surface area contributed by atoms with Crippen LogP contribution in [0.1, 0.15) is 34.6 Å². The SMILES string of the molecule is CCc1ccsc1C(=O)c1ccc2c(c1)NC(=O)C(C)O2. The van der Waals surface area contributed by atoms with Crippen LogP contribution < -0.4 is 10.1 Å². The maximum atomic E-state index is 12.6. The van der Waals surface area contributed by atoms with E-state index in [1.807, 2.05) is 18.4 Å². The van der Waals surface area contributed by atoms with Gasteiger partial charge in [0.2, 0.25) is 5.78 Å². The molecule has 1 aliphatic rings. The highest BCUT2D eigenvalue weighted by Gasteiger charge is 2.25. The van der Waals surface area contributed by atoms with E-state index in [9.17, 15) is 9.59 Å². The van der Waals surface area contributed by atoms with Crippen LogP contribution in [0.5, 0.6) is 5.75 Å². The number of hydrogen-bond donors (Lipinski definition) is 1. The molecule has 5 heteroatoms. The number of thiophene rings is 1. The van der Waals surface area contributed by atoms with E-state index in [0.29, 0.717) is 17.0 Å². The zero-order valence-electron chi connectivity index (χ0n) is 11.8. The second-order valence-corrected chi connectivity index (χ2v) is 5.83. The lowest BCUT2D eigenvalue weighted by atomic mass is 10.0. The number of ether oxygens (including phenoxy) is 1. The number of anilines is 1. The van der Waals surface area contributed by atoms with Crippen molar-refractivity contribution in [3.05, 3.63) is 45.6 Å². The van der Waals surface area contributed by atoms with Gasteiger partial charge in [-0.05, 0) is 48.6 Å². The van der Waals surface area contributed by atoms with Crippen LogP contribution in [0.15, 0.2) is 29.6 Å². The van der Waals surface area contributed by atoms with Crippen molar-refractivity contribution >= 4 is 28.7 Å². The van der Waals surface area contributed by atoms with Crippen LogP contribution in [0.2, 0.25) is 0 Å². The molecule has 1 N–H and O–H groups in total. The first kappa shape index (κ1) is 13.8. The van der Waals surface area contributed by atoms with Gasteiger partial charge >= 0.3 is 0 Å². The third-order valence-electron chi connectivity index (χ3n) is 3.51. The Bertz CT molecular complexity index is 720. The number of ketones is 1. The molecule has 0 saturated carbocycles. The van der Waals surface area contributed by atoms with Crippen LogP contribution >= 0.6 is 11.3 Å². The van der Waals surface area contributed by atoms with Crippen molar-refractivity contribution in [2.24, 2.45) is 0 Å². The van der Waals surface area contributed by atoms with Gasteiger partial charge in [0.25, 0.3) is 5.91 Å². The third kappa shape index (κ3) is 2.45. The zero-order chi connectivity index (χ0) is 15.0. The number of benzene rings is 1. The molecule has 4 nitrogen and oxygen atoms in total. The van der Waals surface area contributed by atoms with Gasteiger partial charge in [-0.3, -0.25) is 9.59 Å². The molecular formula is C16H15NO3S. The van der Waals surface area contributed by atoms with Crippen LogP contribution in [-0.2, 0) is 11.2 Å². The van der Waals surface area contributed by atoms with Crippen molar-refractivity contribution in [2.45, 2.75) is 26.4 Å². The summed E-state index contributed by atoms with van der Waals surface area (Å²) in [5.74, 6) is 0.385. The monoisotopic (exact) mass is 301 g/mol. The van der Waals surface area contributed by atoms with Gasteiger partial charge < -0.3 is 10.1 Å². The van der Waals surface area contributed by atoms with Gasteiger partial charge in [0.05, 0.1) is 10.6 Å². The first-order valence-electron chi connectivity index (χ1n) is 6.82. The highest BCUT2D eigenvalue weighted by Crippen LogP contribution is 2.32. The Morgan fingerprint density at radius 2 is 2.19 bits per heavy atom. The van der Waals surface area contributed by atoms with Crippen molar-refractivity contribution in [2.75, 3.05) is 5.32 Å². The van der Waals surface area contributed by atoms with Gasteiger partial charge in [-0.15, -0.1) is 11.3 Å². The number of nitrogens with one attached hydrogen (secondary N) is 1. The number of amides is 1. The quantitative estimate of drug-likeness (QED) is 0.885. The predicted octanol–water partition coefficient (Wildman–Crippen LogP) is 3.26. The highest BCUT2D eigenvalue weighted by molar-refractivity contribution is 7.12. The Kier molecular flexibility index (Phi) is 3.51. The van der Waals surface area contributed by atoms with Gasteiger partial charge in [-0.25, -0.2) is 0 Å². The van der Waals surface area contributed by atoms with Crippen LogP contribution in [0.25, 0.3) is 0 Å². The fourth-order valence-electron chi connectivity index (χ4n) is 2.29. The summed E-state index contributed by atoms with van der Waals surface area (Å²) in [5, 5.41) is 4.69. The Morgan fingerprint density at radius 1 is 1.38 bits per heavy atom. The van der Waals surface area contributed by atoms with Crippen LogP contribution in [0.4, 0.5) is 5.69 Å². The molecule has 1 unspecified atom stereocenters. The van der Waals surface area contributed by atoms with E-state index in [-0.39, 0.29) is 11.7 Å². The van der Waals surface area contributed by atoms with Crippen molar-refractivity contribution in [3.63, 3.8) is 0 Å². The van der Waals surface area contributed by atoms with E-state index in [0.717, 1.165) is 16.9 Å². The van der Waals surface area contributed by atoms with Crippen molar-refractivity contribution in [3.8, 4) is 5.75 Å². The number of carbonyl (C=O) groups is 2. The summed E-state index contributed by atoms with van der Waals surface area (Å²) in [7, 11) is 0. The van der Waals surface area contributed by atoms with E-state index in [4.69, 9.17) is 4.74 Å². The Hall–Kier alpha value is -2.14. The summed E-state index contributed by atoms with van der Waals surface area (Å²) in [6.45, 7) is 3.72.